The fourth-order valence-corrected chi connectivity index (χ4v) is 4.55. The lowest BCUT2D eigenvalue weighted by Gasteiger charge is -2.31. The number of methoxy groups -OCH3 is 3. The van der Waals surface area contributed by atoms with Crippen molar-refractivity contribution in [1.82, 2.24) is 15.3 Å². The number of amides is 1. The number of aromatic nitrogens is 2. The van der Waals surface area contributed by atoms with Crippen molar-refractivity contribution >= 4 is 23.4 Å². The van der Waals surface area contributed by atoms with Crippen LogP contribution in [0.4, 0.5) is 17.5 Å². The van der Waals surface area contributed by atoms with Gasteiger partial charge in [-0.3, -0.25) is 9.69 Å². The number of hydrogen-bond donors (Lipinski definition) is 2. The summed E-state index contributed by atoms with van der Waals surface area (Å²) in [6, 6.07) is 13.5. The van der Waals surface area contributed by atoms with Crippen LogP contribution in [0.2, 0.25) is 0 Å². The summed E-state index contributed by atoms with van der Waals surface area (Å²) in [5, 5.41) is 6.60. The van der Waals surface area contributed by atoms with Crippen LogP contribution in [0.25, 0.3) is 0 Å². The normalized spacial score (nSPS) is 17.1. The standard InChI is InChI=1S/C28H35N5O4/c1-18-6-8-20(9-7-18)17-33(27(34)21-12-19(2)15-29-16-21)25-10-11-30-28(32-25)31-22-13-23(35-3)26(37-5)24(14-22)36-4/h6-11,13-14,19,21,29H,12,15-17H2,1-5H3,(H,30,31,32). The van der Waals surface area contributed by atoms with Crippen molar-refractivity contribution in [3.8, 4) is 17.2 Å². The van der Waals surface area contributed by atoms with Gasteiger partial charge in [-0.2, -0.15) is 4.98 Å². The van der Waals surface area contributed by atoms with Crippen LogP contribution in [0.3, 0.4) is 0 Å². The third kappa shape index (κ3) is 6.29. The molecule has 9 heteroatoms. The minimum atomic E-state index is -0.115. The van der Waals surface area contributed by atoms with Gasteiger partial charge in [-0.25, -0.2) is 4.98 Å². The fraction of sp³-hybridized carbons (Fsp3) is 0.393. The molecule has 4 rings (SSSR count). The summed E-state index contributed by atoms with van der Waals surface area (Å²) in [5.41, 5.74) is 2.87. The summed E-state index contributed by atoms with van der Waals surface area (Å²) in [5.74, 6) is 2.78. The van der Waals surface area contributed by atoms with E-state index in [1.54, 1.807) is 50.6 Å². The quantitative estimate of drug-likeness (QED) is 0.443. The number of nitrogens with zero attached hydrogens (tertiary/aromatic N) is 3. The SMILES string of the molecule is COc1cc(Nc2nccc(N(Cc3ccc(C)cc3)C(=O)C3CNCC(C)C3)n2)cc(OC)c1OC. The molecule has 1 amide bonds. The van der Waals surface area contributed by atoms with Gasteiger partial charge in [-0.1, -0.05) is 36.8 Å². The first-order valence-electron chi connectivity index (χ1n) is 12.4. The van der Waals surface area contributed by atoms with E-state index in [0.717, 1.165) is 18.5 Å². The zero-order chi connectivity index (χ0) is 26.4. The summed E-state index contributed by atoms with van der Waals surface area (Å²) < 4.78 is 16.3. The molecule has 1 fully saturated rings. The maximum absolute atomic E-state index is 13.8. The Balaban J connectivity index is 1.65. The zero-order valence-electron chi connectivity index (χ0n) is 22.1. The Morgan fingerprint density at radius 2 is 1.76 bits per heavy atom. The molecule has 1 aliphatic rings. The van der Waals surface area contributed by atoms with Crippen LogP contribution in [0.1, 0.15) is 24.5 Å². The van der Waals surface area contributed by atoms with Crippen molar-refractivity contribution in [1.29, 1.82) is 0 Å². The first-order valence-corrected chi connectivity index (χ1v) is 12.4. The van der Waals surface area contributed by atoms with Gasteiger partial charge in [0.25, 0.3) is 0 Å². The molecule has 2 aromatic carbocycles. The molecule has 0 saturated carbocycles. The Bertz CT molecular complexity index is 1190. The highest BCUT2D eigenvalue weighted by Crippen LogP contribution is 2.40. The van der Waals surface area contributed by atoms with E-state index in [2.05, 4.69) is 34.7 Å². The van der Waals surface area contributed by atoms with E-state index >= 15 is 0 Å². The van der Waals surface area contributed by atoms with E-state index in [-0.39, 0.29) is 11.8 Å². The van der Waals surface area contributed by atoms with E-state index in [0.29, 0.717) is 53.7 Å². The van der Waals surface area contributed by atoms with Crippen molar-refractivity contribution in [3.05, 3.63) is 59.8 Å². The number of anilines is 3. The monoisotopic (exact) mass is 505 g/mol. The van der Waals surface area contributed by atoms with Crippen LogP contribution in [0.5, 0.6) is 17.2 Å². The third-order valence-corrected chi connectivity index (χ3v) is 6.49. The number of ether oxygens (including phenoxy) is 3. The molecule has 0 bridgehead atoms. The smallest absolute Gasteiger partial charge is 0.232 e. The molecule has 1 aliphatic heterocycles. The molecule has 0 radical (unpaired) electrons. The molecule has 2 N–H and O–H groups in total. The van der Waals surface area contributed by atoms with Gasteiger partial charge >= 0.3 is 0 Å². The Kier molecular flexibility index (Phi) is 8.45. The maximum Gasteiger partial charge on any atom is 0.232 e. The molecule has 37 heavy (non-hydrogen) atoms. The summed E-state index contributed by atoms with van der Waals surface area (Å²) >= 11 is 0. The van der Waals surface area contributed by atoms with Gasteiger partial charge < -0.3 is 24.8 Å². The molecule has 2 atom stereocenters. The number of hydrogen-bond acceptors (Lipinski definition) is 8. The van der Waals surface area contributed by atoms with Gasteiger partial charge in [0.1, 0.15) is 5.82 Å². The molecule has 3 aromatic rings. The number of rotatable bonds is 9. The molecular weight excluding hydrogens is 470 g/mol. The Morgan fingerprint density at radius 3 is 2.38 bits per heavy atom. The van der Waals surface area contributed by atoms with Gasteiger partial charge in [0.2, 0.25) is 17.6 Å². The average molecular weight is 506 g/mol. The second-order valence-electron chi connectivity index (χ2n) is 9.38. The van der Waals surface area contributed by atoms with Crippen molar-refractivity contribution in [2.24, 2.45) is 11.8 Å². The van der Waals surface area contributed by atoms with Crippen LogP contribution in [0, 0.1) is 18.8 Å². The van der Waals surface area contributed by atoms with Crippen molar-refractivity contribution in [2.45, 2.75) is 26.8 Å². The minimum Gasteiger partial charge on any atom is -0.493 e. The van der Waals surface area contributed by atoms with Crippen molar-refractivity contribution < 1.29 is 19.0 Å². The van der Waals surface area contributed by atoms with E-state index in [1.807, 2.05) is 19.1 Å². The highest BCUT2D eigenvalue weighted by molar-refractivity contribution is 5.94. The molecule has 2 heterocycles. The number of piperidine rings is 1. The van der Waals surface area contributed by atoms with Crippen molar-refractivity contribution in [3.63, 3.8) is 0 Å². The number of nitrogens with one attached hydrogen (secondary N) is 2. The highest BCUT2D eigenvalue weighted by Gasteiger charge is 2.30. The number of carbonyl (C=O) groups excluding carboxylic acids is 1. The Labute approximate surface area is 218 Å². The zero-order valence-corrected chi connectivity index (χ0v) is 22.1. The third-order valence-electron chi connectivity index (χ3n) is 6.49. The second kappa shape index (κ2) is 11.9. The molecule has 9 nitrogen and oxygen atoms in total. The van der Waals surface area contributed by atoms with Crippen LogP contribution < -0.4 is 29.7 Å². The maximum atomic E-state index is 13.8. The molecule has 2 unspecified atom stereocenters. The lowest BCUT2D eigenvalue weighted by atomic mass is 9.90. The topological polar surface area (TPSA) is 97.8 Å². The van der Waals surface area contributed by atoms with E-state index < -0.39 is 0 Å². The van der Waals surface area contributed by atoms with Crippen LogP contribution >= 0.6 is 0 Å². The van der Waals surface area contributed by atoms with Crippen LogP contribution in [-0.2, 0) is 11.3 Å². The summed E-state index contributed by atoms with van der Waals surface area (Å²) in [4.78, 5) is 24.6. The van der Waals surface area contributed by atoms with Gasteiger partial charge in [0, 0.05) is 30.6 Å². The number of carbonyl (C=O) groups is 1. The van der Waals surface area contributed by atoms with Gasteiger partial charge in [-0.15, -0.1) is 0 Å². The Hall–Kier alpha value is -3.85. The van der Waals surface area contributed by atoms with E-state index in [1.165, 1.54) is 5.56 Å². The Morgan fingerprint density at radius 1 is 1.05 bits per heavy atom. The predicted octanol–water partition coefficient (Wildman–Crippen LogP) is 4.33. The number of aryl methyl sites for hydroxylation is 1. The number of benzene rings is 2. The molecule has 1 saturated heterocycles. The molecule has 1 aromatic heterocycles. The first-order chi connectivity index (χ1) is 17.9. The average Bonchev–Trinajstić information content (AvgIpc) is 2.92. The lowest BCUT2D eigenvalue weighted by Crippen LogP contribution is -2.45. The van der Waals surface area contributed by atoms with E-state index in [4.69, 9.17) is 19.2 Å². The van der Waals surface area contributed by atoms with Gasteiger partial charge in [0.05, 0.1) is 33.8 Å². The molecular formula is C28H35N5O4. The minimum absolute atomic E-state index is 0.0528. The fourth-order valence-electron chi connectivity index (χ4n) is 4.55. The summed E-state index contributed by atoms with van der Waals surface area (Å²) in [6.45, 7) is 6.23. The predicted molar refractivity (Wildman–Crippen MR) is 144 cm³/mol. The highest BCUT2D eigenvalue weighted by atomic mass is 16.5. The van der Waals surface area contributed by atoms with Crippen LogP contribution in [-0.4, -0.2) is 50.3 Å². The lowest BCUT2D eigenvalue weighted by molar-refractivity contribution is -0.123. The second-order valence-corrected chi connectivity index (χ2v) is 9.38. The largest absolute Gasteiger partial charge is 0.493 e. The van der Waals surface area contributed by atoms with Crippen molar-refractivity contribution in [2.75, 3.05) is 44.6 Å². The molecule has 196 valence electrons. The van der Waals surface area contributed by atoms with Gasteiger partial charge in [0.15, 0.2) is 11.5 Å². The van der Waals surface area contributed by atoms with Crippen LogP contribution in [0.15, 0.2) is 48.7 Å². The molecule has 0 spiro atoms. The van der Waals surface area contributed by atoms with E-state index in [9.17, 15) is 4.79 Å². The first kappa shape index (κ1) is 26.2. The summed E-state index contributed by atoms with van der Waals surface area (Å²) in [6.07, 6.45) is 2.50. The molecule has 0 aliphatic carbocycles. The summed E-state index contributed by atoms with van der Waals surface area (Å²) in [7, 11) is 4.68. The van der Waals surface area contributed by atoms with Gasteiger partial charge in [-0.05, 0) is 37.4 Å².